The third kappa shape index (κ3) is 3.31. The standard InChI is InChI=1S/C26H25NO2/c1-2-23(20-12-11-17-7-3-4-9-19(17)15-20)27-26(28)25-16-22-21-10-6-5-8-18(21)13-14-24(22)29-25/h5-6,8,10-16,23H,2-4,7,9H2,1H3,(H,27,28)/t23-/m0/s1. The van der Waals surface area contributed by atoms with E-state index in [2.05, 4.69) is 42.6 Å². The van der Waals surface area contributed by atoms with E-state index in [0.717, 1.165) is 34.6 Å². The quantitative estimate of drug-likeness (QED) is 0.446. The van der Waals surface area contributed by atoms with Gasteiger partial charge in [0.2, 0.25) is 0 Å². The Morgan fingerprint density at radius 2 is 1.79 bits per heavy atom. The molecule has 0 saturated heterocycles. The van der Waals surface area contributed by atoms with Crippen LogP contribution in [-0.4, -0.2) is 5.91 Å². The first-order valence-electron chi connectivity index (χ1n) is 10.6. The van der Waals surface area contributed by atoms with Crippen LogP contribution in [-0.2, 0) is 12.8 Å². The van der Waals surface area contributed by atoms with Crippen molar-refractivity contribution in [1.82, 2.24) is 5.32 Å². The molecule has 1 aromatic heterocycles. The van der Waals surface area contributed by atoms with Crippen LogP contribution in [0.5, 0.6) is 0 Å². The molecule has 1 aliphatic rings. The van der Waals surface area contributed by atoms with Gasteiger partial charge in [-0.2, -0.15) is 0 Å². The number of fused-ring (bicyclic) bond motifs is 4. The highest BCUT2D eigenvalue weighted by molar-refractivity contribution is 6.08. The molecule has 4 aromatic rings. The highest BCUT2D eigenvalue weighted by atomic mass is 16.3. The lowest BCUT2D eigenvalue weighted by molar-refractivity contribution is 0.0909. The van der Waals surface area contributed by atoms with E-state index in [4.69, 9.17) is 4.42 Å². The molecule has 1 N–H and O–H groups in total. The van der Waals surface area contributed by atoms with Crippen LogP contribution >= 0.6 is 0 Å². The van der Waals surface area contributed by atoms with Gasteiger partial charge in [0.1, 0.15) is 5.58 Å². The molecule has 1 atom stereocenters. The fourth-order valence-corrected chi connectivity index (χ4v) is 4.52. The summed E-state index contributed by atoms with van der Waals surface area (Å²) in [6, 6.07) is 20.7. The zero-order chi connectivity index (χ0) is 19.8. The van der Waals surface area contributed by atoms with Gasteiger partial charge in [-0.1, -0.05) is 55.5 Å². The minimum atomic E-state index is -0.158. The topological polar surface area (TPSA) is 42.2 Å². The first kappa shape index (κ1) is 18.0. The molecular formula is C26H25NO2. The van der Waals surface area contributed by atoms with E-state index in [-0.39, 0.29) is 11.9 Å². The molecule has 0 radical (unpaired) electrons. The maximum absolute atomic E-state index is 13.0. The zero-order valence-corrected chi connectivity index (χ0v) is 16.7. The molecule has 29 heavy (non-hydrogen) atoms. The summed E-state index contributed by atoms with van der Waals surface area (Å²) in [4.78, 5) is 13.0. The molecule has 3 aromatic carbocycles. The normalized spacial score (nSPS) is 14.7. The van der Waals surface area contributed by atoms with Gasteiger partial charge >= 0.3 is 0 Å². The number of furan rings is 1. The lowest BCUT2D eigenvalue weighted by Gasteiger charge is -2.21. The first-order valence-corrected chi connectivity index (χ1v) is 10.6. The van der Waals surface area contributed by atoms with Crippen LogP contribution in [0.3, 0.4) is 0 Å². The Morgan fingerprint density at radius 3 is 2.66 bits per heavy atom. The summed E-state index contributed by atoms with van der Waals surface area (Å²) in [6.45, 7) is 2.11. The number of aryl methyl sites for hydroxylation is 2. The number of rotatable bonds is 4. The lowest BCUT2D eigenvalue weighted by Crippen LogP contribution is -2.28. The Morgan fingerprint density at radius 1 is 0.966 bits per heavy atom. The summed E-state index contributed by atoms with van der Waals surface area (Å²) < 4.78 is 5.90. The third-order valence-corrected chi connectivity index (χ3v) is 6.14. The first-order chi connectivity index (χ1) is 14.2. The number of amides is 1. The van der Waals surface area contributed by atoms with E-state index >= 15 is 0 Å². The van der Waals surface area contributed by atoms with Gasteiger partial charge in [0.25, 0.3) is 5.91 Å². The van der Waals surface area contributed by atoms with Crippen molar-refractivity contribution in [2.24, 2.45) is 0 Å². The maximum atomic E-state index is 13.0. The fraction of sp³-hybridized carbons (Fsp3) is 0.269. The molecule has 5 rings (SSSR count). The van der Waals surface area contributed by atoms with Crippen molar-refractivity contribution >= 4 is 27.6 Å². The van der Waals surface area contributed by atoms with Gasteiger partial charge in [-0.05, 0) is 71.7 Å². The molecule has 3 nitrogen and oxygen atoms in total. The molecular weight excluding hydrogens is 358 g/mol. The molecule has 146 valence electrons. The second-order valence-corrected chi connectivity index (χ2v) is 7.98. The number of carbonyl (C=O) groups excluding carboxylic acids is 1. The van der Waals surface area contributed by atoms with E-state index in [1.165, 1.54) is 36.0 Å². The summed E-state index contributed by atoms with van der Waals surface area (Å²) in [5.41, 5.74) is 4.83. The fourth-order valence-electron chi connectivity index (χ4n) is 4.52. The van der Waals surface area contributed by atoms with Crippen LogP contribution in [0, 0.1) is 0 Å². The van der Waals surface area contributed by atoms with E-state index in [1.807, 2.05) is 30.3 Å². The Kier molecular flexibility index (Phi) is 4.59. The summed E-state index contributed by atoms with van der Waals surface area (Å²) in [6.07, 6.45) is 5.69. The Hall–Kier alpha value is -3.07. The summed E-state index contributed by atoms with van der Waals surface area (Å²) in [7, 11) is 0. The predicted molar refractivity (Wildman–Crippen MR) is 117 cm³/mol. The van der Waals surface area contributed by atoms with Gasteiger partial charge < -0.3 is 9.73 Å². The zero-order valence-electron chi connectivity index (χ0n) is 16.7. The number of hydrogen-bond donors (Lipinski definition) is 1. The van der Waals surface area contributed by atoms with E-state index < -0.39 is 0 Å². The van der Waals surface area contributed by atoms with Crippen molar-refractivity contribution in [3.05, 3.63) is 83.1 Å². The molecule has 0 saturated carbocycles. The molecule has 0 aliphatic heterocycles. The Labute approximate surface area is 170 Å². The van der Waals surface area contributed by atoms with E-state index in [9.17, 15) is 4.79 Å². The summed E-state index contributed by atoms with van der Waals surface area (Å²) in [5.74, 6) is 0.211. The monoisotopic (exact) mass is 383 g/mol. The van der Waals surface area contributed by atoms with Crippen molar-refractivity contribution in [3.63, 3.8) is 0 Å². The molecule has 0 fully saturated rings. The van der Waals surface area contributed by atoms with Crippen LogP contribution < -0.4 is 5.32 Å². The van der Waals surface area contributed by atoms with Gasteiger partial charge in [-0.15, -0.1) is 0 Å². The highest BCUT2D eigenvalue weighted by Gasteiger charge is 2.20. The van der Waals surface area contributed by atoms with Crippen LogP contribution in [0.4, 0.5) is 0 Å². The molecule has 1 aliphatic carbocycles. The Bertz CT molecular complexity index is 1200. The second kappa shape index (κ2) is 7.40. The highest BCUT2D eigenvalue weighted by Crippen LogP contribution is 2.29. The minimum Gasteiger partial charge on any atom is -0.451 e. The average molecular weight is 383 g/mol. The van der Waals surface area contributed by atoms with Crippen molar-refractivity contribution in [2.45, 2.75) is 45.1 Å². The molecule has 1 amide bonds. The van der Waals surface area contributed by atoms with Gasteiger partial charge in [-0.3, -0.25) is 4.79 Å². The third-order valence-electron chi connectivity index (χ3n) is 6.14. The number of carbonyl (C=O) groups is 1. The molecule has 1 heterocycles. The number of hydrogen-bond acceptors (Lipinski definition) is 2. The van der Waals surface area contributed by atoms with Crippen molar-refractivity contribution < 1.29 is 9.21 Å². The van der Waals surface area contributed by atoms with Gasteiger partial charge in [-0.25, -0.2) is 0 Å². The lowest BCUT2D eigenvalue weighted by atomic mass is 9.89. The molecule has 0 bridgehead atoms. The molecule has 3 heteroatoms. The second-order valence-electron chi connectivity index (χ2n) is 7.98. The molecule has 0 spiro atoms. The van der Waals surface area contributed by atoms with Crippen molar-refractivity contribution in [2.75, 3.05) is 0 Å². The maximum Gasteiger partial charge on any atom is 0.287 e. The van der Waals surface area contributed by atoms with E-state index in [1.54, 1.807) is 0 Å². The van der Waals surface area contributed by atoms with Crippen LogP contribution in [0.2, 0.25) is 0 Å². The minimum absolute atomic E-state index is 0.0142. The van der Waals surface area contributed by atoms with Gasteiger partial charge in [0, 0.05) is 5.39 Å². The van der Waals surface area contributed by atoms with Crippen molar-refractivity contribution in [3.8, 4) is 0 Å². The Balaban J connectivity index is 1.43. The van der Waals surface area contributed by atoms with Crippen LogP contribution in [0.25, 0.3) is 21.7 Å². The largest absolute Gasteiger partial charge is 0.451 e. The van der Waals surface area contributed by atoms with Crippen LogP contribution in [0.1, 0.15) is 59.5 Å². The average Bonchev–Trinajstić information content (AvgIpc) is 3.22. The predicted octanol–water partition coefficient (Wildman–Crippen LogP) is 6.35. The number of nitrogens with one attached hydrogen (secondary N) is 1. The summed E-state index contributed by atoms with van der Waals surface area (Å²) in [5, 5.41) is 6.42. The SMILES string of the molecule is CC[C@H](NC(=O)c1cc2c(ccc3ccccc32)o1)c1ccc2c(c1)CCCC2. The smallest absolute Gasteiger partial charge is 0.287 e. The van der Waals surface area contributed by atoms with Gasteiger partial charge in [0.05, 0.1) is 6.04 Å². The van der Waals surface area contributed by atoms with Gasteiger partial charge in [0.15, 0.2) is 5.76 Å². The van der Waals surface area contributed by atoms with E-state index in [0.29, 0.717) is 5.76 Å². The molecule has 0 unspecified atom stereocenters. The number of benzene rings is 3. The summed E-state index contributed by atoms with van der Waals surface area (Å²) >= 11 is 0. The van der Waals surface area contributed by atoms with Crippen molar-refractivity contribution in [1.29, 1.82) is 0 Å². The van der Waals surface area contributed by atoms with Crippen LogP contribution in [0.15, 0.2) is 65.1 Å².